The maximum atomic E-state index is 12.7. The van der Waals surface area contributed by atoms with Crippen molar-refractivity contribution in [3.63, 3.8) is 0 Å². The first-order chi connectivity index (χ1) is 5.21. The summed E-state index contributed by atoms with van der Waals surface area (Å²) in [5, 5.41) is -4.34. The molecule has 12 heavy (non-hydrogen) atoms. The molecular formula is C5H4F6S. The second kappa shape index (κ2) is 2.46. The highest BCUT2D eigenvalue weighted by Gasteiger charge is 2.73. The van der Waals surface area contributed by atoms with Gasteiger partial charge in [0, 0.05) is 12.2 Å². The van der Waals surface area contributed by atoms with Crippen LogP contribution in [0.5, 0.6) is 0 Å². The van der Waals surface area contributed by atoms with Gasteiger partial charge in [0.2, 0.25) is 0 Å². The lowest BCUT2D eigenvalue weighted by Gasteiger charge is -2.27. The van der Waals surface area contributed by atoms with Crippen LogP contribution in [0.2, 0.25) is 0 Å². The number of rotatable bonds is 0. The van der Waals surface area contributed by atoms with Gasteiger partial charge in [0.15, 0.2) is 0 Å². The predicted octanol–water partition coefficient (Wildman–Crippen LogP) is 2.99. The topological polar surface area (TPSA) is 0 Å². The molecule has 0 radical (unpaired) electrons. The van der Waals surface area contributed by atoms with Crippen molar-refractivity contribution in [1.29, 1.82) is 0 Å². The molecular weight excluding hydrogens is 206 g/mol. The van der Waals surface area contributed by atoms with E-state index in [9.17, 15) is 26.3 Å². The minimum Gasteiger partial charge on any atom is -0.226 e. The van der Waals surface area contributed by atoms with Crippen molar-refractivity contribution < 1.29 is 26.3 Å². The van der Waals surface area contributed by atoms with Crippen molar-refractivity contribution in [1.82, 2.24) is 0 Å². The van der Waals surface area contributed by atoms with Gasteiger partial charge in [-0.15, -0.1) is 0 Å². The maximum absolute atomic E-state index is 12.7. The highest BCUT2D eigenvalue weighted by atomic mass is 32.2. The van der Waals surface area contributed by atoms with Gasteiger partial charge in [-0.3, -0.25) is 0 Å². The Hall–Kier alpha value is -0.0700. The molecule has 0 N–H and O–H groups in total. The van der Waals surface area contributed by atoms with Crippen LogP contribution in [0.25, 0.3) is 0 Å². The van der Waals surface area contributed by atoms with E-state index in [1.54, 1.807) is 0 Å². The van der Waals surface area contributed by atoms with Crippen LogP contribution in [0.15, 0.2) is 0 Å². The van der Waals surface area contributed by atoms with Gasteiger partial charge in [-0.05, 0) is 0 Å². The van der Waals surface area contributed by atoms with Crippen molar-refractivity contribution in [3.8, 4) is 0 Å². The molecule has 0 nitrogen and oxygen atoms in total. The number of thioether (sulfide) groups is 1. The summed E-state index contributed by atoms with van der Waals surface area (Å²) < 4.78 is 72.7. The Bertz CT molecular complexity index is 187. The average molecular weight is 210 g/mol. The average Bonchev–Trinajstić information content (AvgIpc) is 2.07. The van der Waals surface area contributed by atoms with E-state index in [2.05, 4.69) is 0 Å². The fourth-order valence-corrected chi connectivity index (χ4v) is 1.97. The van der Waals surface area contributed by atoms with E-state index in [0.29, 0.717) is 0 Å². The van der Waals surface area contributed by atoms with Crippen LogP contribution in [-0.4, -0.2) is 22.9 Å². The Labute approximate surface area is 68.3 Å². The Morgan fingerprint density at radius 2 is 1.58 bits per heavy atom. The van der Waals surface area contributed by atoms with E-state index >= 15 is 0 Å². The Balaban J connectivity index is 2.98. The van der Waals surface area contributed by atoms with Gasteiger partial charge in [-0.2, -0.15) is 22.0 Å². The molecule has 1 fully saturated rings. The van der Waals surface area contributed by atoms with E-state index in [4.69, 9.17) is 0 Å². The van der Waals surface area contributed by atoms with Crippen molar-refractivity contribution in [2.24, 2.45) is 0 Å². The zero-order valence-corrected chi connectivity index (χ0v) is 6.41. The molecule has 1 heterocycles. The number of halogens is 6. The maximum Gasteiger partial charge on any atom is 0.429 e. The predicted molar refractivity (Wildman–Crippen MR) is 31.9 cm³/mol. The van der Waals surface area contributed by atoms with E-state index < -0.39 is 29.3 Å². The molecule has 1 aliphatic rings. The molecule has 7 heteroatoms. The smallest absolute Gasteiger partial charge is 0.226 e. The molecule has 1 aliphatic heterocycles. The fraction of sp³-hybridized carbons (Fsp3) is 1.00. The van der Waals surface area contributed by atoms with Crippen molar-refractivity contribution >= 4 is 11.8 Å². The summed E-state index contributed by atoms with van der Waals surface area (Å²) in [6, 6.07) is 0. The third-order valence-corrected chi connectivity index (χ3v) is 2.73. The standard InChI is InChI=1S/C5H4F6S/c6-3(4(7,8)9)1-2-12-5(3,10)11/h1-2H2. The van der Waals surface area contributed by atoms with Gasteiger partial charge < -0.3 is 0 Å². The van der Waals surface area contributed by atoms with Gasteiger partial charge in [-0.25, -0.2) is 4.39 Å². The van der Waals surface area contributed by atoms with Crippen LogP contribution in [0.1, 0.15) is 6.42 Å². The number of alkyl halides is 6. The summed E-state index contributed by atoms with van der Waals surface area (Å²) in [6.07, 6.45) is -6.66. The third-order valence-electron chi connectivity index (χ3n) is 1.64. The summed E-state index contributed by atoms with van der Waals surface area (Å²) in [5.74, 6) is -0.511. The van der Waals surface area contributed by atoms with Crippen LogP contribution < -0.4 is 0 Å². The lowest BCUT2D eigenvalue weighted by molar-refractivity contribution is -0.273. The molecule has 1 unspecified atom stereocenters. The zero-order valence-electron chi connectivity index (χ0n) is 5.59. The van der Waals surface area contributed by atoms with Gasteiger partial charge >= 0.3 is 11.4 Å². The third kappa shape index (κ3) is 1.18. The summed E-state index contributed by atoms with van der Waals surface area (Å²) in [6.45, 7) is 0. The molecule has 0 aliphatic carbocycles. The molecule has 72 valence electrons. The van der Waals surface area contributed by atoms with Crippen molar-refractivity contribution in [3.05, 3.63) is 0 Å². The molecule has 0 bridgehead atoms. The van der Waals surface area contributed by atoms with Gasteiger partial charge in [0.25, 0.3) is 5.67 Å². The fourth-order valence-electron chi connectivity index (χ4n) is 0.887. The molecule has 0 aromatic carbocycles. The van der Waals surface area contributed by atoms with Crippen molar-refractivity contribution in [2.45, 2.75) is 23.5 Å². The molecule has 1 atom stereocenters. The van der Waals surface area contributed by atoms with E-state index in [1.807, 2.05) is 0 Å². The van der Waals surface area contributed by atoms with Gasteiger partial charge in [0.1, 0.15) is 0 Å². The normalized spacial score (nSPS) is 35.5. The molecule has 1 saturated heterocycles. The monoisotopic (exact) mass is 210 g/mol. The van der Waals surface area contributed by atoms with E-state index in [-0.39, 0.29) is 11.8 Å². The van der Waals surface area contributed by atoms with E-state index in [1.165, 1.54) is 0 Å². The van der Waals surface area contributed by atoms with E-state index in [0.717, 1.165) is 0 Å². The Morgan fingerprint density at radius 3 is 1.75 bits per heavy atom. The quantitative estimate of drug-likeness (QED) is 0.554. The van der Waals surface area contributed by atoms with Crippen LogP contribution in [-0.2, 0) is 0 Å². The minimum atomic E-state index is -5.49. The summed E-state index contributed by atoms with van der Waals surface area (Å²) in [7, 11) is 0. The lowest BCUT2D eigenvalue weighted by Crippen LogP contribution is -2.50. The first kappa shape index (κ1) is 10.0. The first-order valence-electron chi connectivity index (χ1n) is 2.98. The first-order valence-corrected chi connectivity index (χ1v) is 3.97. The molecule has 0 amide bonds. The number of hydrogen-bond donors (Lipinski definition) is 0. The second-order valence-corrected chi connectivity index (χ2v) is 3.62. The highest BCUT2D eigenvalue weighted by molar-refractivity contribution is 8.00. The second-order valence-electron chi connectivity index (χ2n) is 2.41. The van der Waals surface area contributed by atoms with Crippen LogP contribution in [0, 0.1) is 0 Å². The number of hydrogen-bond acceptors (Lipinski definition) is 1. The molecule has 0 spiro atoms. The minimum absolute atomic E-state index is 0.295. The summed E-state index contributed by atoms with van der Waals surface area (Å²) in [4.78, 5) is 0. The van der Waals surface area contributed by atoms with Crippen LogP contribution >= 0.6 is 11.8 Å². The largest absolute Gasteiger partial charge is 0.429 e. The van der Waals surface area contributed by atoms with Crippen LogP contribution in [0.3, 0.4) is 0 Å². The summed E-state index contributed by atoms with van der Waals surface area (Å²) >= 11 is -0.295. The van der Waals surface area contributed by atoms with Gasteiger partial charge in [0.05, 0.1) is 0 Å². The summed E-state index contributed by atoms with van der Waals surface area (Å²) in [5.41, 5.74) is -4.34. The highest BCUT2D eigenvalue weighted by Crippen LogP contribution is 2.57. The SMILES string of the molecule is FC(F)(F)C1(F)CCSC1(F)F. The van der Waals surface area contributed by atoms with Gasteiger partial charge in [-0.1, -0.05) is 11.8 Å². The lowest BCUT2D eigenvalue weighted by atomic mass is 10.0. The molecule has 0 saturated carbocycles. The van der Waals surface area contributed by atoms with Crippen LogP contribution in [0.4, 0.5) is 26.3 Å². The zero-order chi connectivity index (χ0) is 9.62. The molecule has 0 aromatic heterocycles. The molecule has 1 rings (SSSR count). The Morgan fingerprint density at radius 1 is 1.08 bits per heavy atom. The van der Waals surface area contributed by atoms with Crippen molar-refractivity contribution in [2.75, 3.05) is 5.75 Å². The molecule has 0 aromatic rings. The Kier molecular flexibility index (Phi) is 2.05.